The van der Waals surface area contributed by atoms with E-state index in [1.54, 1.807) is 13.8 Å². The second kappa shape index (κ2) is 10.7. The minimum atomic E-state index is -4.05. The number of halogens is 3. The van der Waals surface area contributed by atoms with Crippen LogP contribution in [-0.2, 0) is 24.1 Å². The Bertz CT molecular complexity index is 1080. The molecule has 2 aromatic rings. The summed E-state index contributed by atoms with van der Waals surface area (Å²) in [5.41, 5.74) is -0.136. The summed E-state index contributed by atoms with van der Waals surface area (Å²) >= 11 is 7.39. The molecule has 1 atom stereocenters. The number of benzene rings is 2. The Labute approximate surface area is 203 Å². The van der Waals surface area contributed by atoms with Crippen LogP contribution in [-0.4, -0.2) is 32.0 Å². The molecule has 1 saturated carbocycles. The number of esters is 1. The third-order valence-corrected chi connectivity index (χ3v) is 10.3. The molecule has 3 rings (SSSR count). The lowest BCUT2D eigenvalue weighted by atomic mass is 9.78. The van der Waals surface area contributed by atoms with E-state index in [9.17, 15) is 22.0 Å². The van der Waals surface area contributed by atoms with Gasteiger partial charge in [0.15, 0.2) is 9.84 Å². The molecule has 1 aliphatic carbocycles. The molecule has 9 heteroatoms. The van der Waals surface area contributed by atoms with Crippen molar-refractivity contribution in [1.29, 1.82) is 0 Å². The van der Waals surface area contributed by atoms with E-state index in [1.165, 1.54) is 36.0 Å². The summed E-state index contributed by atoms with van der Waals surface area (Å²) in [6, 6.07) is 8.72. The maximum absolute atomic E-state index is 14.9. The predicted octanol–water partition coefficient (Wildman–Crippen LogP) is 6.16. The number of thioether (sulfide) groups is 1. The third kappa shape index (κ3) is 5.54. The summed E-state index contributed by atoms with van der Waals surface area (Å²) in [4.78, 5) is 11.9. The van der Waals surface area contributed by atoms with Gasteiger partial charge in [-0.1, -0.05) is 11.6 Å². The van der Waals surface area contributed by atoms with E-state index in [0.717, 1.165) is 18.2 Å². The molecule has 0 N–H and O–H groups in total. The maximum atomic E-state index is 14.9. The number of ether oxygens (including phenoxy) is 1. The first-order valence-corrected chi connectivity index (χ1v) is 13.8. The van der Waals surface area contributed by atoms with Crippen molar-refractivity contribution in [3.05, 3.63) is 64.7 Å². The summed E-state index contributed by atoms with van der Waals surface area (Å²) < 4.78 is 60.1. The smallest absolute Gasteiger partial charge is 0.318 e. The summed E-state index contributed by atoms with van der Waals surface area (Å²) in [7, 11) is -4.05. The number of hydrogen-bond donors (Lipinski definition) is 0. The van der Waals surface area contributed by atoms with Gasteiger partial charge in [-0.2, -0.15) is 0 Å². The molecular weight excluding hydrogens is 490 g/mol. The quantitative estimate of drug-likeness (QED) is 0.393. The molecular formula is C24H27ClF2O4S2. The van der Waals surface area contributed by atoms with Crippen molar-refractivity contribution in [2.45, 2.75) is 54.4 Å². The van der Waals surface area contributed by atoms with E-state index in [4.69, 9.17) is 16.3 Å². The Morgan fingerprint density at radius 2 is 1.82 bits per heavy atom. The highest BCUT2D eigenvalue weighted by Gasteiger charge is 2.50. The van der Waals surface area contributed by atoms with Crippen molar-refractivity contribution < 1.29 is 26.7 Å². The predicted molar refractivity (Wildman–Crippen MR) is 127 cm³/mol. The highest BCUT2D eigenvalue weighted by atomic mass is 35.5. The molecule has 1 unspecified atom stereocenters. The van der Waals surface area contributed by atoms with Crippen LogP contribution < -0.4 is 0 Å². The molecule has 0 spiro atoms. The van der Waals surface area contributed by atoms with Crippen molar-refractivity contribution >= 4 is 39.2 Å². The van der Waals surface area contributed by atoms with Crippen molar-refractivity contribution in [3.63, 3.8) is 0 Å². The van der Waals surface area contributed by atoms with Gasteiger partial charge in [0.2, 0.25) is 0 Å². The van der Waals surface area contributed by atoms with Crippen molar-refractivity contribution in [2.24, 2.45) is 5.92 Å². The highest BCUT2D eigenvalue weighted by Crippen LogP contribution is 2.49. The molecule has 0 amide bonds. The van der Waals surface area contributed by atoms with Crippen LogP contribution in [0.4, 0.5) is 8.78 Å². The van der Waals surface area contributed by atoms with E-state index < -0.39 is 26.2 Å². The first-order chi connectivity index (χ1) is 15.6. The third-order valence-electron chi connectivity index (χ3n) is 6.17. The lowest BCUT2D eigenvalue weighted by Crippen LogP contribution is -2.41. The van der Waals surface area contributed by atoms with Crippen LogP contribution in [0.5, 0.6) is 0 Å². The van der Waals surface area contributed by atoms with Crippen molar-refractivity contribution in [1.82, 2.24) is 0 Å². The van der Waals surface area contributed by atoms with Gasteiger partial charge in [0.05, 0.1) is 16.8 Å². The molecule has 33 heavy (non-hydrogen) atoms. The minimum Gasteiger partial charge on any atom is -0.465 e. The number of rotatable bonds is 8. The Balaban J connectivity index is 1.89. The van der Waals surface area contributed by atoms with Crippen LogP contribution in [0.2, 0.25) is 5.02 Å². The monoisotopic (exact) mass is 516 g/mol. The van der Waals surface area contributed by atoms with Gasteiger partial charge in [0.25, 0.3) is 0 Å². The van der Waals surface area contributed by atoms with Crippen LogP contribution in [0.25, 0.3) is 0 Å². The summed E-state index contributed by atoms with van der Waals surface area (Å²) in [6.45, 7) is 3.85. The van der Waals surface area contributed by atoms with Crippen molar-refractivity contribution in [3.8, 4) is 0 Å². The van der Waals surface area contributed by atoms with E-state index in [2.05, 4.69) is 0 Å². The normalized spacial score (nSPS) is 22.0. The van der Waals surface area contributed by atoms with Crippen LogP contribution >= 0.6 is 23.4 Å². The van der Waals surface area contributed by atoms with E-state index in [0.29, 0.717) is 30.2 Å². The first kappa shape index (κ1) is 26.0. The number of carbonyl (C=O) groups excluding carboxylic acids is 1. The van der Waals surface area contributed by atoms with Crippen LogP contribution in [0.3, 0.4) is 0 Å². The first-order valence-electron chi connectivity index (χ1n) is 10.8. The van der Waals surface area contributed by atoms with E-state index >= 15 is 0 Å². The van der Waals surface area contributed by atoms with Crippen LogP contribution in [0.1, 0.15) is 45.1 Å². The van der Waals surface area contributed by atoms with Gasteiger partial charge < -0.3 is 4.74 Å². The molecule has 180 valence electrons. The molecule has 0 heterocycles. The Hall–Kier alpha value is -1.64. The molecule has 0 aliphatic heterocycles. The molecule has 0 aromatic heterocycles. The zero-order chi connectivity index (χ0) is 24.2. The van der Waals surface area contributed by atoms with E-state index in [1.807, 2.05) is 0 Å². The lowest BCUT2D eigenvalue weighted by Gasteiger charge is -2.40. The molecule has 0 bridgehead atoms. The topological polar surface area (TPSA) is 60.4 Å². The summed E-state index contributed by atoms with van der Waals surface area (Å²) in [5.74, 6) is -0.893. The fraction of sp³-hybridized carbons (Fsp3) is 0.458. The fourth-order valence-corrected chi connectivity index (χ4v) is 7.68. The van der Waals surface area contributed by atoms with Gasteiger partial charge in [-0.3, -0.25) is 4.79 Å². The maximum Gasteiger partial charge on any atom is 0.318 e. The summed E-state index contributed by atoms with van der Waals surface area (Å²) in [6.07, 6.45) is 1.31. The average Bonchev–Trinajstić information content (AvgIpc) is 2.79. The lowest BCUT2D eigenvalue weighted by molar-refractivity contribution is -0.142. The molecule has 2 aromatic carbocycles. The van der Waals surface area contributed by atoms with Gasteiger partial charge in [-0.15, -0.1) is 11.8 Å². The zero-order valence-corrected chi connectivity index (χ0v) is 20.9. The zero-order valence-electron chi connectivity index (χ0n) is 18.5. The molecule has 0 saturated heterocycles. The SMILES string of the molecule is CCOC(=O)C(C)SCC1CCC(c2cc(F)ccc2F)(S(=O)(=O)c2ccc(Cl)cc2)CC1. The van der Waals surface area contributed by atoms with Gasteiger partial charge in [-0.25, -0.2) is 17.2 Å². The molecule has 0 radical (unpaired) electrons. The van der Waals surface area contributed by atoms with E-state index in [-0.39, 0.29) is 40.4 Å². The minimum absolute atomic E-state index is 0.0271. The van der Waals surface area contributed by atoms with Gasteiger partial charge >= 0.3 is 5.97 Å². The molecule has 4 nitrogen and oxygen atoms in total. The Morgan fingerprint density at radius 1 is 1.18 bits per heavy atom. The highest BCUT2D eigenvalue weighted by molar-refractivity contribution is 8.00. The molecule has 1 aliphatic rings. The van der Waals surface area contributed by atoms with Crippen molar-refractivity contribution in [2.75, 3.05) is 12.4 Å². The van der Waals surface area contributed by atoms with Crippen LogP contribution in [0, 0.1) is 17.6 Å². The number of hydrogen-bond acceptors (Lipinski definition) is 5. The fourth-order valence-electron chi connectivity index (χ4n) is 4.29. The largest absolute Gasteiger partial charge is 0.465 e. The van der Waals surface area contributed by atoms with Gasteiger partial charge in [-0.05, 0) is 93.7 Å². The standard InChI is InChI=1S/C24H27ClF2O4S2/c1-3-31-23(28)16(2)32-15-17-10-12-24(13-11-17,21-14-19(26)6-9-22(21)27)33(29,30)20-7-4-18(25)5-8-20/h4-9,14,16-17H,3,10-13,15H2,1-2H3. The molecule has 1 fully saturated rings. The van der Waals surface area contributed by atoms with Gasteiger partial charge in [0, 0.05) is 10.6 Å². The Morgan fingerprint density at radius 3 is 2.42 bits per heavy atom. The number of carbonyl (C=O) groups is 1. The van der Waals surface area contributed by atoms with Gasteiger partial charge in [0.1, 0.15) is 16.4 Å². The average molecular weight is 517 g/mol. The summed E-state index contributed by atoms with van der Waals surface area (Å²) in [5, 5.41) is 0.0616. The van der Waals surface area contributed by atoms with Crippen LogP contribution in [0.15, 0.2) is 47.4 Å². The second-order valence-electron chi connectivity index (χ2n) is 8.25. The second-order valence-corrected chi connectivity index (χ2v) is 12.3. The number of sulfone groups is 1. The Kier molecular flexibility index (Phi) is 8.45.